The zero-order valence-corrected chi connectivity index (χ0v) is 11.9. The van der Waals surface area contributed by atoms with Crippen molar-refractivity contribution in [3.05, 3.63) is 46.7 Å². The highest BCUT2D eigenvalue weighted by atomic mass is 35.5. The average Bonchev–Trinajstić information content (AvgIpc) is 2.75. The Hall–Kier alpha value is -1.52. The maximum Gasteiger partial charge on any atom is 0.124 e. The lowest BCUT2D eigenvalue weighted by Crippen LogP contribution is -2.18. The summed E-state index contributed by atoms with van der Waals surface area (Å²) in [5, 5.41) is 4.80. The Balaban J connectivity index is 2.13. The predicted octanol–water partition coefficient (Wildman–Crippen LogP) is 2.54. The zero-order valence-electron chi connectivity index (χ0n) is 11.1. The number of aromatic nitrogens is 2. The molecule has 0 aliphatic heterocycles. The molecule has 2 rings (SSSR count). The molecule has 1 heterocycles. The van der Waals surface area contributed by atoms with Crippen molar-refractivity contribution in [2.24, 2.45) is 12.8 Å². The van der Waals surface area contributed by atoms with Crippen LogP contribution in [0.25, 0.3) is 0 Å². The lowest BCUT2D eigenvalue weighted by Gasteiger charge is -2.14. The van der Waals surface area contributed by atoms with Crippen molar-refractivity contribution in [3.63, 3.8) is 0 Å². The summed E-state index contributed by atoms with van der Waals surface area (Å²) in [5.41, 5.74) is 7.83. The zero-order chi connectivity index (χ0) is 13.8. The third-order valence-corrected chi connectivity index (χ3v) is 3.11. The van der Waals surface area contributed by atoms with Crippen molar-refractivity contribution < 1.29 is 4.74 Å². The summed E-state index contributed by atoms with van der Waals surface area (Å²) in [5.74, 6) is 0.786. The first-order valence-corrected chi connectivity index (χ1v) is 6.57. The summed E-state index contributed by atoms with van der Waals surface area (Å²) < 4.78 is 7.57. The van der Waals surface area contributed by atoms with Gasteiger partial charge in [0.25, 0.3) is 0 Å². The SMILES string of the molecule is CC(N)Cc1c(Cl)cccc1OCc1cnn(C)c1. The molecule has 0 aliphatic rings. The fourth-order valence-electron chi connectivity index (χ4n) is 1.90. The average molecular weight is 280 g/mol. The molecule has 102 valence electrons. The summed E-state index contributed by atoms with van der Waals surface area (Å²) in [7, 11) is 1.88. The lowest BCUT2D eigenvalue weighted by molar-refractivity contribution is 0.302. The minimum absolute atomic E-state index is 0.0423. The Labute approximate surface area is 118 Å². The van der Waals surface area contributed by atoms with Gasteiger partial charge in [-0.1, -0.05) is 17.7 Å². The number of benzene rings is 1. The molecule has 2 aromatic rings. The van der Waals surface area contributed by atoms with Crippen LogP contribution >= 0.6 is 11.6 Å². The second kappa shape index (κ2) is 6.08. The van der Waals surface area contributed by atoms with Crippen LogP contribution in [0.4, 0.5) is 0 Å². The molecule has 19 heavy (non-hydrogen) atoms. The van der Waals surface area contributed by atoms with E-state index in [1.54, 1.807) is 10.9 Å². The number of nitrogens with two attached hydrogens (primary N) is 1. The molecule has 0 spiro atoms. The van der Waals surface area contributed by atoms with Gasteiger partial charge in [-0.15, -0.1) is 0 Å². The van der Waals surface area contributed by atoms with Crippen LogP contribution < -0.4 is 10.5 Å². The van der Waals surface area contributed by atoms with Crippen LogP contribution in [-0.4, -0.2) is 15.8 Å². The van der Waals surface area contributed by atoms with Gasteiger partial charge in [-0.05, 0) is 25.5 Å². The molecule has 2 N–H and O–H groups in total. The molecule has 1 aromatic carbocycles. The predicted molar refractivity (Wildman–Crippen MR) is 76.3 cm³/mol. The molecule has 0 bridgehead atoms. The standard InChI is InChI=1S/C14H18ClN3O/c1-10(16)6-12-13(15)4-3-5-14(12)19-9-11-7-17-18(2)8-11/h3-5,7-8,10H,6,9,16H2,1-2H3. The molecule has 1 atom stereocenters. The van der Waals surface area contributed by atoms with Crippen LogP contribution in [0.2, 0.25) is 5.02 Å². The number of hydrogen-bond acceptors (Lipinski definition) is 3. The molecule has 0 saturated carbocycles. The first-order valence-electron chi connectivity index (χ1n) is 6.19. The van der Waals surface area contributed by atoms with Gasteiger partial charge >= 0.3 is 0 Å². The Morgan fingerprint density at radius 3 is 2.89 bits per heavy atom. The third kappa shape index (κ3) is 3.72. The van der Waals surface area contributed by atoms with Crippen molar-refractivity contribution in [1.82, 2.24) is 9.78 Å². The van der Waals surface area contributed by atoms with E-state index in [1.807, 2.05) is 38.4 Å². The van der Waals surface area contributed by atoms with Crippen LogP contribution in [0.15, 0.2) is 30.6 Å². The van der Waals surface area contributed by atoms with Crippen LogP contribution in [0, 0.1) is 0 Å². The van der Waals surface area contributed by atoms with Crippen LogP contribution in [0.1, 0.15) is 18.1 Å². The van der Waals surface area contributed by atoms with Crippen molar-refractivity contribution in [3.8, 4) is 5.75 Å². The summed E-state index contributed by atoms with van der Waals surface area (Å²) in [6.07, 6.45) is 4.41. The van der Waals surface area contributed by atoms with Gasteiger partial charge in [-0.25, -0.2) is 0 Å². The minimum Gasteiger partial charge on any atom is -0.488 e. The van der Waals surface area contributed by atoms with E-state index in [0.717, 1.165) is 16.9 Å². The normalized spacial score (nSPS) is 12.4. The van der Waals surface area contributed by atoms with Crippen LogP contribution in [0.3, 0.4) is 0 Å². The van der Waals surface area contributed by atoms with Gasteiger partial charge in [0.2, 0.25) is 0 Å². The maximum atomic E-state index is 6.21. The van der Waals surface area contributed by atoms with Gasteiger partial charge in [0.1, 0.15) is 12.4 Å². The minimum atomic E-state index is 0.0423. The van der Waals surface area contributed by atoms with Gasteiger partial charge in [0, 0.05) is 35.4 Å². The fraction of sp³-hybridized carbons (Fsp3) is 0.357. The highest BCUT2D eigenvalue weighted by Crippen LogP contribution is 2.28. The number of nitrogens with zero attached hydrogens (tertiary/aromatic N) is 2. The number of rotatable bonds is 5. The molecule has 1 unspecified atom stereocenters. The molecule has 0 amide bonds. The summed E-state index contributed by atoms with van der Waals surface area (Å²) in [4.78, 5) is 0. The van der Waals surface area contributed by atoms with Gasteiger partial charge in [0.05, 0.1) is 6.20 Å². The Morgan fingerprint density at radius 2 is 2.26 bits per heavy atom. The smallest absolute Gasteiger partial charge is 0.124 e. The van der Waals surface area contributed by atoms with Crippen molar-refractivity contribution >= 4 is 11.6 Å². The Morgan fingerprint density at radius 1 is 1.47 bits per heavy atom. The van der Waals surface area contributed by atoms with E-state index in [1.165, 1.54) is 0 Å². The van der Waals surface area contributed by atoms with Gasteiger partial charge in [0.15, 0.2) is 0 Å². The topological polar surface area (TPSA) is 53.1 Å². The number of aryl methyl sites for hydroxylation is 1. The second-order valence-electron chi connectivity index (χ2n) is 4.71. The van der Waals surface area contributed by atoms with Gasteiger partial charge < -0.3 is 10.5 Å². The molecule has 0 radical (unpaired) electrons. The van der Waals surface area contributed by atoms with E-state index in [4.69, 9.17) is 22.1 Å². The van der Waals surface area contributed by atoms with E-state index in [0.29, 0.717) is 18.1 Å². The van der Waals surface area contributed by atoms with Crippen LogP contribution in [0.5, 0.6) is 5.75 Å². The maximum absolute atomic E-state index is 6.21. The van der Waals surface area contributed by atoms with E-state index >= 15 is 0 Å². The van der Waals surface area contributed by atoms with Gasteiger partial charge in [-0.2, -0.15) is 5.10 Å². The van der Waals surface area contributed by atoms with Crippen molar-refractivity contribution in [2.75, 3.05) is 0 Å². The van der Waals surface area contributed by atoms with E-state index in [2.05, 4.69) is 5.10 Å². The second-order valence-corrected chi connectivity index (χ2v) is 5.12. The van der Waals surface area contributed by atoms with Crippen LogP contribution in [-0.2, 0) is 20.1 Å². The molecule has 5 heteroatoms. The molecular weight excluding hydrogens is 262 g/mol. The number of ether oxygens (including phenoxy) is 1. The quantitative estimate of drug-likeness (QED) is 0.915. The molecule has 0 aliphatic carbocycles. The molecule has 0 fully saturated rings. The van der Waals surface area contributed by atoms with E-state index < -0.39 is 0 Å². The van der Waals surface area contributed by atoms with Crippen molar-refractivity contribution in [1.29, 1.82) is 0 Å². The van der Waals surface area contributed by atoms with Gasteiger partial charge in [-0.3, -0.25) is 4.68 Å². The molecule has 0 saturated heterocycles. The molecule has 1 aromatic heterocycles. The Bertz CT molecular complexity index is 551. The monoisotopic (exact) mass is 279 g/mol. The third-order valence-electron chi connectivity index (χ3n) is 2.75. The Kier molecular flexibility index (Phi) is 4.45. The summed E-state index contributed by atoms with van der Waals surface area (Å²) >= 11 is 6.21. The highest BCUT2D eigenvalue weighted by Gasteiger charge is 2.10. The molecular formula is C14H18ClN3O. The van der Waals surface area contributed by atoms with E-state index in [9.17, 15) is 0 Å². The highest BCUT2D eigenvalue weighted by molar-refractivity contribution is 6.31. The number of halogens is 1. The largest absolute Gasteiger partial charge is 0.488 e. The van der Waals surface area contributed by atoms with E-state index in [-0.39, 0.29) is 6.04 Å². The summed E-state index contributed by atoms with van der Waals surface area (Å²) in [6, 6.07) is 5.70. The first-order chi connectivity index (χ1) is 9.06. The number of hydrogen-bond donors (Lipinski definition) is 1. The lowest BCUT2D eigenvalue weighted by atomic mass is 10.1. The molecule has 4 nitrogen and oxygen atoms in total. The summed E-state index contributed by atoms with van der Waals surface area (Å²) in [6.45, 7) is 2.42. The van der Waals surface area contributed by atoms with Crippen molar-refractivity contribution in [2.45, 2.75) is 26.0 Å². The fourth-order valence-corrected chi connectivity index (χ4v) is 2.14. The first kappa shape index (κ1) is 13.9.